The smallest absolute Gasteiger partial charge is 0.250 e. The number of rotatable bonds is 3. The van der Waals surface area contributed by atoms with Crippen LogP contribution in [0.4, 0.5) is 39.8 Å². The summed E-state index contributed by atoms with van der Waals surface area (Å²) in [6, 6.07) is 82.4. The number of hydrogen-bond acceptors (Lipinski definition) is 3. The van der Waals surface area contributed by atoms with Crippen molar-refractivity contribution < 1.29 is 0 Å². The Kier molecular flexibility index (Phi) is 8.65. The van der Waals surface area contributed by atoms with Crippen LogP contribution in [0.25, 0.3) is 87.3 Å². The Hall–Kier alpha value is -10.5. The highest BCUT2D eigenvalue weighted by Gasteiger charge is 2.45. The third-order valence-corrected chi connectivity index (χ3v) is 19.2. The third kappa shape index (κ3) is 5.40. The topological polar surface area (TPSA) is 49.4 Å². The SMILES string of the molecule is [C-]#[N+]c1c(-n2c3ccc(N4c5ccccc5C(C)(C)c5ccccc54)cc3c3cc(N4c5ccccc5C(C)(C)c5ccccc54)ccc32)c(C#N)c2c3c1-n1c4ccccc4c4cccc(c41)B3c1cccc3c4ccccc4n-2c13. The Balaban J connectivity index is 1.01. The van der Waals surface area contributed by atoms with E-state index in [4.69, 9.17) is 4.85 Å². The first kappa shape index (κ1) is 45.3. The minimum atomic E-state index is -0.253. The summed E-state index contributed by atoms with van der Waals surface area (Å²) in [6.45, 7) is 18.7. The predicted octanol–water partition coefficient (Wildman–Crippen LogP) is 16.8. The second-order valence-electron chi connectivity index (χ2n) is 23.8. The summed E-state index contributed by atoms with van der Waals surface area (Å²) >= 11 is 0. The van der Waals surface area contributed by atoms with E-state index in [9.17, 15) is 11.8 Å². The normalized spacial score (nSPS) is 14.7. The molecule has 7 nitrogen and oxygen atoms in total. The Morgan fingerprint density at radius 3 is 1.23 bits per heavy atom. The fourth-order valence-electron chi connectivity index (χ4n) is 15.8. The molecule has 382 valence electrons. The lowest BCUT2D eigenvalue weighted by Crippen LogP contribution is -2.59. The lowest BCUT2D eigenvalue weighted by molar-refractivity contribution is 0.632. The van der Waals surface area contributed by atoms with Crippen LogP contribution in [0.1, 0.15) is 55.5 Å². The lowest BCUT2D eigenvalue weighted by Gasteiger charge is -2.42. The minimum Gasteiger partial charge on any atom is -0.320 e. The number of para-hydroxylation sites is 8. The highest BCUT2D eigenvalue weighted by molar-refractivity contribution is 7.00. The largest absolute Gasteiger partial charge is 0.320 e. The van der Waals surface area contributed by atoms with Crippen LogP contribution in [0.15, 0.2) is 218 Å². The van der Waals surface area contributed by atoms with Gasteiger partial charge in [-0.3, -0.25) is 0 Å². The second kappa shape index (κ2) is 15.6. The third-order valence-electron chi connectivity index (χ3n) is 19.2. The van der Waals surface area contributed by atoms with Crippen molar-refractivity contribution in [3.05, 3.63) is 258 Å². The molecule has 0 saturated heterocycles. The molecule has 14 aromatic rings. The maximum Gasteiger partial charge on any atom is 0.250 e. The molecule has 3 aromatic heterocycles. The molecular formula is C74H48BN7. The van der Waals surface area contributed by atoms with Gasteiger partial charge in [0.05, 0.1) is 74.0 Å². The first-order chi connectivity index (χ1) is 40.2. The maximum absolute atomic E-state index is 12.4. The monoisotopic (exact) mass is 1050 g/mol. The van der Waals surface area contributed by atoms with Crippen molar-refractivity contribution in [2.24, 2.45) is 0 Å². The van der Waals surface area contributed by atoms with E-state index in [1.165, 1.54) is 33.2 Å². The van der Waals surface area contributed by atoms with Gasteiger partial charge in [0, 0.05) is 65.6 Å². The molecule has 4 aliphatic heterocycles. The number of aromatic nitrogens is 3. The molecule has 0 saturated carbocycles. The summed E-state index contributed by atoms with van der Waals surface area (Å²) in [5.41, 5.74) is 23.7. The van der Waals surface area contributed by atoms with Crippen LogP contribution < -0.4 is 26.2 Å². The van der Waals surface area contributed by atoms with Gasteiger partial charge in [0.15, 0.2) is 0 Å². The van der Waals surface area contributed by atoms with E-state index in [0.717, 1.165) is 116 Å². The molecule has 0 fully saturated rings. The van der Waals surface area contributed by atoms with Gasteiger partial charge in [-0.1, -0.05) is 173 Å². The van der Waals surface area contributed by atoms with Crippen molar-refractivity contribution in [3.63, 3.8) is 0 Å². The zero-order valence-corrected chi connectivity index (χ0v) is 45.5. The van der Waals surface area contributed by atoms with Crippen molar-refractivity contribution in [3.8, 4) is 23.1 Å². The average molecular weight is 1050 g/mol. The first-order valence-corrected chi connectivity index (χ1v) is 28.3. The van der Waals surface area contributed by atoms with E-state index in [-0.39, 0.29) is 17.5 Å². The summed E-state index contributed by atoms with van der Waals surface area (Å²) in [5.74, 6) is 0. The predicted molar refractivity (Wildman–Crippen MR) is 339 cm³/mol. The van der Waals surface area contributed by atoms with Gasteiger partial charge in [0.2, 0.25) is 5.69 Å². The van der Waals surface area contributed by atoms with Crippen molar-refractivity contribution in [1.82, 2.24) is 13.7 Å². The second-order valence-corrected chi connectivity index (χ2v) is 23.8. The Bertz CT molecular complexity index is 4940. The zero-order chi connectivity index (χ0) is 54.7. The van der Waals surface area contributed by atoms with Crippen LogP contribution in [0, 0.1) is 17.9 Å². The maximum atomic E-state index is 12.4. The Morgan fingerprint density at radius 2 is 0.793 bits per heavy atom. The number of hydrogen-bond donors (Lipinski definition) is 0. The van der Waals surface area contributed by atoms with Gasteiger partial charge >= 0.3 is 0 Å². The Labute approximate surface area is 473 Å². The van der Waals surface area contributed by atoms with Crippen LogP contribution in [0.5, 0.6) is 0 Å². The molecule has 0 radical (unpaired) electrons. The summed E-state index contributed by atoms with van der Waals surface area (Å²) in [7, 11) is 0. The van der Waals surface area contributed by atoms with Gasteiger partial charge in [0.1, 0.15) is 6.07 Å². The fourth-order valence-corrected chi connectivity index (χ4v) is 15.8. The van der Waals surface area contributed by atoms with Crippen LogP contribution in [0.2, 0.25) is 0 Å². The van der Waals surface area contributed by atoms with E-state index < -0.39 is 0 Å². The van der Waals surface area contributed by atoms with E-state index in [1.807, 2.05) is 0 Å². The standard InChI is InChI=1S/C74H48BN7/c1-73(2)52-24-8-14-32-62(52)78(63-33-15-9-25-53(63)73)43-36-38-60-49(40-43)50-41-44(79-64-34-16-10-26-54(64)74(3,4)55-27-11-17-35-65(55)79)37-39-61(50)80(60)71-51(42-76)70-66-72(67(71)77-5)82-59-31-13-7-21-46(59)48-23-19-29-57(69(48)82)75(66)56-28-18-22-47-45-20-6-12-30-58(45)81(70)68(47)56/h6-41H,1-4H3. The minimum absolute atomic E-state index is 0.238. The van der Waals surface area contributed by atoms with E-state index in [0.29, 0.717) is 16.9 Å². The molecule has 0 spiro atoms. The van der Waals surface area contributed by atoms with Crippen LogP contribution in [0.3, 0.4) is 0 Å². The quantitative estimate of drug-likeness (QED) is 0.131. The van der Waals surface area contributed by atoms with Crippen LogP contribution in [-0.4, -0.2) is 20.4 Å². The Morgan fingerprint density at radius 1 is 0.402 bits per heavy atom. The number of fused-ring (bicyclic) bond motifs is 17. The fraction of sp³-hybridized carbons (Fsp3) is 0.0811. The van der Waals surface area contributed by atoms with Crippen molar-refractivity contribution in [2.75, 3.05) is 9.80 Å². The molecule has 18 rings (SSSR count). The van der Waals surface area contributed by atoms with E-state index >= 15 is 0 Å². The van der Waals surface area contributed by atoms with Crippen molar-refractivity contribution in [1.29, 1.82) is 5.26 Å². The molecule has 0 bridgehead atoms. The van der Waals surface area contributed by atoms with Gasteiger partial charge < -0.3 is 23.5 Å². The summed E-state index contributed by atoms with van der Waals surface area (Å²) in [5, 5.41) is 18.9. The molecule has 0 aliphatic carbocycles. The molecule has 7 heterocycles. The molecular weight excluding hydrogens is 998 g/mol. The van der Waals surface area contributed by atoms with E-state index in [1.54, 1.807) is 0 Å². The number of nitrogens with zero attached hydrogens (tertiary/aromatic N) is 7. The molecule has 8 heteroatoms. The van der Waals surface area contributed by atoms with Crippen molar-refractivity contribution >= 4 is 128 Å². The molecule has 0 amide bonds. The van der Waals surface area contributed by atoms with Gasteiger partial charge in [-0.2, -0.15) is 5.26 Å². The molecule has 0 N–H and O–H groups in total. The highest BCUT2D eigenvalue weighted by Crippen LogP contribution is 2.56. The van der Waals surface area contributed by atoms with Gasteiger partial charge in [-0.15, -0.1) is 0 Å². The number of benzene rings is 11. The number of anilines is 6. The van der Waals surface area contributed by atoms with Crippen molar-refractivity contribution in [2.45, 2.75) is 38.5 Å². The van der Waals surface area contributed by atoms with Gasteiger partial charge in [-0.05, 0) is 111 Å². The summed E-state index contributed by atoms with van der Waals surface area (Å²) in [6.07, 6.45) is 0. The molecule has 0 atom stereocenters. The number of nitriles is 1. The molecule has 4 aliphatic rings. The summed E-state index contributed by atoms with van der Waals surface area (Å²) in [4.78, 5) is 9.59. The van der Waals surface area contributed by atoms with E-state index in [2.05, 4.69) is 276 Å². The lowest BCUT2D eigenvalue weighted by atomic mass is 9.34. The summed E-state index contributed by atoms with van der Waals surface area (Å²) < 4.78 is 7.00. The molecule has 82 heavy (non-hydrogen) atoms. The first-order valence-electron chi connectivity index (χ1n) is 28.3. The van der Waals surface area contributed by atoms with Gasteiger partial charge in [-0.25, -0.2) is 4.85 Å². The van der Waals surface area contributed by atoms with Gasteiger partial charge in [0.25, 0.3) is 6.71 Å². The highest BCUT2D eigenvalue weighted by atomic mass is 15.2. The molecule has 0 unspecified atom stereocenters. The van der Waals surface area contributed by atoms with Crippen LogP contribution >= 0.6 is 0 Å². The molecule has 11 aromatic carbocycles. The average Bonchev–Trinajstić information content (AvgIpc) is 1.46. The zero-order valence-electron chi connectivity index (χ0n) is 45.5. The van der Waals surface area contributed by atoms with Crippen LogP contribution in [-0.2, 0) is 10.8 Å².